The van der Waals surface area contributed by atoms with Crippen molar-refractivity contribution in [3.8, 4) is 5.75 Å². The highest BCUT2D eigenvalue weighted by atomic mass is 32.1. The Balaban J connectivity index is 1.44. The van der Waals surface area contributed by atoms with Crippen LogP contribution in [-0.4, -0.2) is 49.5 Å². The Morgan fingerprint density at radius 1 is 1.16 bits per heavy atom. The van der Waals surface area contributed by atoms with E-state index in [0.29, 0.717) is 18.7 Å². The standard InChI is InChI=1S/C24H28N4O2S/c1-25-13-11-21(22-6-4-16-31-22)30-19-9-7-18(8-10-19)17-28-15-14-27(2)23-20(24(28)29)5-3-12-26-23/h3-10,12,16,21,25H,11,13-15,17H2,1-2H3. The Bertz CT molecular complexity index is 991. The first-order valence-electron chi connectivity index (χ1n) is 10.5. The van der Waals surface area contributed by atoms with Crippen molar-refractivity contribution in [3.05, 3.63) is 76.1 Å². The minimum absolute atomic E-state index is 0.0256. The minimum atomic E-state index is 0.0256. The van der Waals surface area contributed by atoms with E-state index in [2.05, 4.69) is 27.8 Å². The van der Waals surface area contributed by atoms with Gasteiger partial charge in [0.25, 0.3) is 5.91 Å². The van der Waals surface area contributed by atoms with E-state index < -0.39 is 0 Å². The summed E-state index contributed by atoms with van der Waals surface area (Å²) in [5.41, 5.74) is 1.74. The molecule has 7 heteroatoms. The number of benzene rings is 1. The van der Waals surface area contributed by atoms with E-state index in [0.717, 1.165) is 36.6 Å². The fourth-order valence-corrected chi connectivity index (χ4v) is 4.52. The Hall–Kier alpha value is -2.90. The zero-order valence-corrected chi connectivity index (χ0v) is 18.8. The fraction of sp³-hybridized carbons (Fsp3) is 0.333. The fourth-order valence-electron chi connectivity index (χ4n) is 3.73. The van der Waals surface area contributed by atoms with Crippen molar-refractivity contribution in [3.63, 3.8) is 0 Å². The van der Waals surface area contributed by atoms with Gasteiger partial charge in [-0.1, -0.05) is 18.2 Å². The number of hydrogen-bond acceptors (Lipinski definition) is 6. The Kier molecular flexibility index (Phi) is 6.84. The highest BCUT2D eigenvalue weighted by Crippen LogP contribution is 2.28. The monoisotopic (exact) mass is 436 g/mol. The molecule has 2 aromatic heterocycles. The number of rotatable bonds is 8. The molecule has 1 atom stereocenters. The zero-order chi connectivity index (χ0) is 21.6. The topological polar surface area (TPSA) is 57.7 Å². The van der Waals surface area contributed by atoms with Crippen molar-refractivity contribution in [2.24, 2.45) is 0 Å². The van der Waals surface area contributed by atoms with Crippen LogP contribution in [0.25, 0.3) is 0 Å². The van der Waals surface area contributed by atoms with Gasteiger partial charge in [0.1, 0.15) is 17.7 Å². The molecule has 1 N–H and O–H groups in total. The van der Waals surface area contributed by atoms with E-state index >= 15 is 0 Å². The molecular weight excluding hydrogens is 408 g/mol. The lowest BCUT2D eigenvalue weighted by atomic mass is 10.1. The molecule has 0 bridgehead atoms. The van der Waals surface area contributed by atoms with Crippen molar-refractivity contribution in [2.45, 2.75) is 19.1 Å². The first-order valence-corrected chi connectivity index (χ1v) is 11.4. The van der Waals surface area contributed by atoms with E-state index in [1.165, 1.54) is 4.88 Å². The number of aromatic nitrogens is 1. The number of amides is 1. The predicted molar refractivity (Wildman–Crippen MR) is 125 cm³/mol. The number of hydrogen-bond donors (Lipinski definition) is 1. The molecule has 31 heavy (non-hydrogen) atoms. The maximum atomic E-state index is 13.1. The molecule has 0 radical (unpaired) electrons. The molecule has 0 fully saturated rings. The molecule has 162 valence electrons. The van der Waals surface area contributed by atoms with Crippen LogP contribution in [0.5, 0.6) is 5.75 Å². The minimum Gasteiger partial charge on any atom is -0.485 e. The number of anilines is 1. The molecule has 4 rings (SSSR count). The van der Waals surface area contributed by atoms with Gasteiger partial charge in [0, 0.05) is 44.2 Å². The summed E-state index contributed by atoms with van der Waals surface area (Å²) in [5, 5.41) is 5.28. The third kappa shape index (κ3) is 5.06. The highest BCUT2D eigenvalue weighted by Gasteiger charge is 2.25. The van der Waals surface area contributed by atoms with Crippen LogP contribution < -0.4 is 15.0 Å². The average Bonchev–Trinajstić information content (AvgIpc) is 3.31. The molecule has 1 aliphatic heterocycles. The summed E-state index contributed by atoms with van der Waals surface area (Å²) in [6.45, 7) is 2.87. The second-order valence-electron chi connectivity index (χ2n) is 7.68. The third-order valence-corrected chi connectivity index (χ3v) is 6.43. The first kappa shape index (κ1) is 21.3. The molecule has 1 aliphatic rings. The number of carbonyl (C=O) groups is 1. The van der Waals surface area contributed by atoms with Gasteiger partial charge in [-0.15, -0.1) is 11.3 Å². The highest BCUT2D eigenvalue weighted by molar-refractivity contribution is 7.10. The maximum Gasteiger partial charge on any atom is 0.257 e. The molecule has 1 unspecified atom stereocenters. The van der Waals surface area contributed by atoms with E-state index in [4.69, 9.17) is 4.74 Å². The van der Waals surface area contributed by atoms with Crippen LogP contribution in [0.2, 0.25) is 0 Å². The van der Waals surface area contributed by atoms with Crippen LogP contribution >= 0.6 is 11.3 Å². The van der Waals surface area contributed by atoms with Gasteiger partial charge in [0.05, 0.1) is 5.56 Å². The van der Waals surface area contributed by atoms with Gasteiger partial charge in [-0.25, -0.2) is 4.98 Å². The summed E-state index contributed by atoms with van der Waals surface area (Å²) in [5.74, 6) is 1.62. The Labute approximate surface area is 187 Å². The lowest BCUT2D eigenvalue weighted by molar-refractivity contribution is 0.0754. The van der Waals surface area contributed by atoms with Crippen LogP contribution in [0, 0.1) is 0 Å². The molecule has 3 aromatic rings. The van der Waals surface area contributed by atoms with Gasteiger partial charge in [-0.05, 0) is 54.9 Å². The quantitative estimate of drug-likeness (QED) is 0.579. The number of ether oxygens (including phenoxy) is 1. The van der Waals surface area contributed by atoms with Gasteiger partial charge in [0.15, 0.2) is 0 Å². The lowest BCUT2D eigenvalue weighted by Crippen LogP contribution is -2.33. The van der Waals surface area contributed by atoms with Crippen molar-refractivity contribution in [1.29, 1.82) is 0 Å². The molecule has 0 saturated carbocycles. The molecule has 0 saturated heterocycles. The van der Waals surface area contributed by atoms with E-state index in [1.807, 2.05) is 60.3 Å². The summed E-state index contributed by atoms with van der Waals surface area (Å²) in [6.07, 6.45) is 2.67. The summed E-state index contributed by atoms with van der Waals surface area (Å²) < 4.78 is 6.28. The van der Waals surface area contributed by atoms with E-state index in [9.17, 15) is 4.79 Å². The zero-order valence-electron chi connectivity index (χ0n) is 18.0. The third-order valence-electron chi connectivity index (χ3n) is 5.46. The van der Waals surface area contributed by atoms with Crippen LogP contribution in [0.15, 0.2) is 60.1 Å². The van der Waals surface area contributed by atoms with Crippen molar-refractivity contribution < 1.29 is 9.53 Å². The smallest absolute Gasteiger partial charge is 0.257 e. The molecule has 0 aliphatic carbocycles. The number of pyridine rings is 1. The van der Waals surface area contributed by atoms with E-state index in [-0.39, 0.29) is 12.0 Å². The largest absolute Gasteiger partial charge is 0.485 e. The number of likely N-dealkylation sites (N-methyl/N-ethyl adjacent to an activating group) is 1. The van der Waals surface area contributed by atoms with Crippen LogP contribution in [0.1, 0.15) is 33.3 Å². The number of fused-ring (bicyclic) bond motifs is 1. The summed E-state index contributed by atoms with van der Waals surface area (Å²) in [4.78, 5) is 22.6. The second kappa shape index (κ2) is 9.94. The number of carbonyl (C=O) groups excluding carboxylic acids is 1. The van der Waals surface area contributed by atoms with Crippen molar-refractivity contribution >= 4 is 23.1 Å². The van der Waals surface area contributed by atoms with E-state index in [1.54, 1.807) is 17.5 Å². The molecule has 6 nitrogen and oxygen atoms in total. The second-order valence-corrected chi connectivity index (χ2v) is 8.66. The van der Waals surface area contributed by atoms with Gasteiger partial charge in [0.2, 0.25) is 0 Å². The summed E-state index contributed by atoms with van der Waals surface area (Å²) in [7, 11) is 3.93. The SMILES string of the molecule is CNCCC(Oc1ccc(CN2CCN(C)c3ncccc3C2=O)cc1)c1cccs1. The lowest BCUT2D eigenvalue weighted by Gasteiger charge is -2.22. The van der Waals surface area contributed by atoms with Crippen molar-refractivity contribution in [2.75, 3.05) is 38.6 Å². The summed E-state index contributed by atoms with van der Waals surface area (Å²) in [6, 6.07) is 15.9. The Morgan fingerprint density at radius 2 is 2.00 bits per heavy atom. The molecule has 0 spiro atoms. The normalized spacial score (nSPS) is 14.8. The predicted octanol–water partition coefficient (Wildman–Crippen LogP) is 3.96. The van der Waals surface area contributed by atoms with Crippen LogP contribution in [0.4, 0.5) is 5.82 Å². The Morgan fingerprint density at radius 3 is 2.74 bits per heavy atom. The first-order chi connectivity index (χ1) is 15.2. The summed E-state index contributed by atoms with van der Waals surface area (Å²) >= 11 is 1.72. The van der Waals surface area contributed by atoms with Crippen LogP contribution in [0.3, 0.4) is 0 Å². The van der Waals surface area contributed by atoms with Gasteiger partial charge < -0.3 is 19.9 Å². The van der Waals surface area contributed by atoms with Gasteiger partial charge in [-0.3, -0.25) is 4.79 Å². The van der Waals surface area contributed by atoms with Gasteiger partial charge >= 0.3 is 0 Å². The maximum absolute atomic E-state index is 13.1. The number of nitrogens with zero attached hydrogens (tertiary/aromatic N) is 3. The number of nitrogens with one attached hydrogen (secondary N) is 1. The van der Waals surface area contributed by atoms with Crippen LogP contribution in [-0.2, 0) is 6.54 Å². The average molecular weight is 437 g/mol. The van der Waals surface area contributed by atoms with Crippen molar-refractivity contribution in [1.82, 2.24) is 15.2 Å². The molecule has 3 heterocycles. The molecular formula is C24H28N4O2S. The van der Waals surface area contributed by atoms with Gasteiger partial charge in [-0.2, -0.15) is 0 Å². The number of thiophene rings is 1. The molecule has 1 amide bonds. The molecule has 1 aromatic carbocycles.